The number of carbonyl (C=O) groups excluding carboxylic acids is 1. The van der Waals surface area contributed by atoms with Crippen LogP contribution in [-0.4, -0.2) is 55.6 Å². The highest BCUT2D eigenvalue weighted by molar-refractivity contribution is 6.07. The molecule has 4 N–H and O–H groups in total. The number of carbonyl (C=O) groups is 1. The lowest BCUT2D eigenvalue weighted by Crippen LogP contribution is -2.49. The normalized spacial score (nSPS) is 17.0. The molecule has 1 aromatic carbocycles. The maximum Gasteiger partial charge on any atom is 0.253 e. The molecule has 1 unspecified atom stereocenters. The van der Waals surface area contributed by atoms with Crippen molar-refractivity contribution >= 4 is 17.2 Å². The third kappa shape index (κ3) is 3.14. The van der Waals surface area contributed by atoms with Crippen LogP contribution in [-0.2, 0) is 4.79 Å². The van der Waals surface area contributed by atoms with Gasteiger partial charge in [0.25, 0.3) is 10.9 Å². The molecule has 1 aliphatic rings. The van der Waals surface area contributed by atoms with Crippen LogP contribution in [0.4, 0.5) is 11.4 Å². The predicted octanol–water partition coefficient (Wildman–Crippen LogP) is -0.787. The molecular weight excluding hydrogens is 312 g/mol. The summed E-state index contributed by atoms with van der Waals surface area (Å²) >= 11 is 0. The number of anilines is 2. The van der Waals surface area contributed by atoms with Gasteiger partial charge < -0.3 is 26.0 Å². The minimum absolute atomic E-state index is 0.291. The third-order valence-electron chi connectivity index (χ3n) is 4.10. The van der Waals surface area contributed by atoms with Crippen LogP contribution in [0.2, 0.25) is 0 Å². The second kappa shape index (κ2) is 7.48. The van der Waals surface area contributed by atoms with Crippen molar-refractivity contribution in [2.24, 2.45) is 0 Å². The number of nitrogens with one attached hydrogen (secondary N) is 3. The second-order valence-corrected chi connectivity index (χ2v) is 5.81. The van der Waals surface area contributed by atoms with Gasteiger partial charge in [-0.2, -0.15) is 0 Å². The van der Waals surface area contributed by atoms with E-state index < -0.39 is 17.0 Å². The van der Waals surface area contributed by atoms with Crippen LogP contribution in [0, 0.1) is 0 Å². The van der Waals surface area contributed by atoms with E-state index in [4.69, 9.17) is 0 Å². The zero-order valence-corrected chi connectivity index (χ0v) is 14.2. The first-order valence-corrected chi connectivity index (χ1v) is 8.10. The summed E-state index contributed by atoms with van der Waals surface area (Å²) in [6.45, 7) is 3.82. The van der Waals surface area contributed by atoms with Crippen LogP contribution in [0.25, 0.3) is 0 Å². The Balaban J connectivity index is 1.81. The number of Topliss-reactive ketones (excluding diaryl/α,β-unsaturated/α-hetero) is 1. The van der Waals surface area contributed by atoms with Crippen LogP contribution in [0.3, 0.4) is 0 Å². The van der Waals surface area contributed by atoms with Crippen LogP contribution in [0.5, 0.6) is 0 Å². The fourth-order valence-corrected chi connectivity index (χ4v) is 2.79. The van der Waals surface area contributed by atoms with Gasteiger partial charge >= 0.3 is 0 Å². The van der Waals surface area contributed by atoms with Gasteiger partial charge in [0, 0.05) is 33.7 Å². The summed E-state index contributed by atoms with van der Waals surface area (Å²) in [5.74, 6) is -0.291. The van der Waals surface area contributed by atoms with Gasteiger partial charge in [-0.05, 0) is 12.8 Å². The van der Waals surface area contributed by atoms with Crippen molar-refractivity contribution in [2.45, 2.75) is 25.9 Å². The Morgan fingerprint density at radius 2 is 1.71 bits per heavy atom. The molecule has 0 amide bonds. The van der Waals surface area contributed by atoms with Gasteiger partial charge in [0.15, 0.2) is 6.10 Å². The van der Waals surface area contributed by atoms with Crippen LogP contribution in [0.1, 0.15) is 19.8 Å². The number of hydrogen-bond donors (Lipinski definition) is 4. The number of aliphatic hydroxyl groups excluding tert-OH is 1. The number of hydrogen-bond acceptors (Lipinski definition) is 8. The van der Waals surface area contributed by atoms with E-state index in [0.717, 1.165) is 13.0 Å². The zero-order chi connectivity index (χ0) is 17.9. The van der Waals surface area contributed by atoms with Gasteiger partial charge in [0.05, 0.1) is 5.70 Å². The smallest absolute Gasteiger partial charge is 0.253 e. The Bertz CT molecular complexity index is 718. The molecule has 0 fully saturated rings. The van der Waals surface area contributed by atoms with Gasteiger partial charge in [0.1, 0.15) is 17.1 Å². The highest BCUT2D eigenvalue weighted by atomic mass is 16.3. The molecule has 8 nitrogen and oxygen atoms in total. The van der Waals surface area contributed by atoms with Crippen molar-refractivity contribution in [1.29, 1.82) is 0 Å². The van der Waals surface area contributed by atoms with Crippen molar-refractivity contribution in [3.8, 4) is 0 Å². The van der Waals surface area contributed by atoms with E-state index in [2.05, 4.69) is 16.0 Å². The molecule has 8 heteroatoms. The van der Waals surface area contributed by atoms with Crippen LogP contribution >= 0.6 is 0 Å². The molecule has 0 saturated carbocycles. The van der Waals surface area contributed by atoms with E-state index in [-0.39, 0.29) is 5.78 Å². The minimum Gasteiger partial charge on any atom is -0.383 e. The Morgan fingerprint density at radius 1 is 1.08 bits per heavy atom. The molecule has 0 aliphatic heterocycles. The molecule has 132 valence electrons. The first-order chi connectivity index (χ1) is 11.4. The largest absolute Gasteiger partial charge is 0.383 e. The van der Waals surface area contributed by atoms with Crippen molar-refractivity contribution in [2.75, 3.05) is 44.4 Å². The molecule has 1 atom stereocenters. The maximum absolute atomic E-state index is 11.8. The Morgan fingerprint density at radius 3 is 2.33 bits per heavy atom. The first kappa shape index (κ1) is 18.0. The van der Waals surface area contributed by atoms with E-state index in [0.29, 0.717) is 42.3 Å². The summed E-state index contributed by atoms with van der Waals surface area (Å²) in [7, 11) is 3.44. The average Bonchev–Trinajstić information content (AvgIpc) is 2.58. The first-order valence-electron chi connectivity index (χ1n) is 8.10. The summed E-state index contributed by atoms with van der Waals surface area (Å²) in [5.41, 5.74) is 0.728. The molecule has 0 spiro atoms. The minimum atomic E-state index is -1.04. The maximum atomic E-state index is 11.8. The zero-order valence-electron chi connectivity index (χ0n) is 14.2. The van der Waals surface area contributed by atoms with Crippen molar-refractivity contribution in [1.82, 2.24) is 10.2 Å². The van der Waals surface area contributed by atoms with Gasteiger partial charge in [-0.3, -0.25) is 14.4 Å². The number of likely N-dealkylation sites (N-methyl/N-ethyl adjacent to an activating group) is 1. The molecular formula is C16H24N4O4. The lowest BCUT2D eigenvalue weighted by Gasteiger charge is -2.35. The highest BCUT2D eigenvalue weighted by Gasteiger charge is 2.39. The number of rotatable bonds is 10. The van der Waals surface area contributed by atoms with Gasteiger partial charge in [-0.15, -0.1) is 0 Å². The predicted molar refractivity (Wildman–Crippen MR) is 93.0 cm³/mol. The van der Waals surface area contributed by atoms with E-state index in [1.54, 1.807) is 7.05 Å². The number of ketones is 1. The fraction of sp³-hybridized carbons (Fsp3) is 0.562. The van der Waals surface area contributed by atoms with Crippen molar-refractivity contribution in [3.05, 3.63) is 31.8 Å². The topological polar surface area (TPSA) is 111 Å². The molecule has 0 aromatic heterocycles. The SMILES string of the molecule is CCCN(C)C1=C(NCCCNc2c(NC)c(=O)c2=O)C(=O)C1O. The summed E-state index contributed by atoms with van der Waals surface area (Å²) in [6.07, 6.45) is 0.539. The molecule has 0 radical (unpaired) electrons. The Hall–Kier alpha value is -2.35. The standard InChI is InChI=1S/C16H24N4O4/c1-4-8-20(3)12-11(15(23)16(12)24)19-7-5-6-18-10-9(17-2)13(21)14(10)22/h16-19,24H,4-8H2,1-3H3. The quantitative estimate of drug-likeness (QED) is 0.325. The molecule has 1 aromatic rings. The van der Waals surface area contributed by atoms with E-state index in [1.165, 1.54) is 0 Å². The molecule has 0 heterocycles. The number of aliphatic hydroxyl groups is 1. The van der Waals surface area contributed by atoms with Gasteiger partial charge in [-0.1, -0.05) is 6.92 Å². The van der Waals surface area contributed by atoms with E-state index in [9.17, 15) is 19.5 Å². The third-order valence-corrected chi connectivity index (χ3v) is 4.10. The average molecular weight is 336 g/mol. The van der Waals surface area contributed by atoms with Crippen molar-refractivity contribution < 1.29 is 9.90 Å². The molecule has 1 aliphatic carbocycles. The van der Waals surface area contributed by atoms with Crippen LogP contribution < -0.4 is 26.8 Å². The summed E-state index contributed by atoms with van der Waals surface area (Å²) in [4.78, 5) is 36.3. The van der Waals surface area contributed by atoms with Crippen molar-refractivity contribution in [3.63, 3.8) is 0 Å². The van der Waals surface area contributed by atoms with Gasteiger partial charge in [-0.25, -0.2) is 0 Å². The molecule has 0 saturated heterocycles. The second-order valence-electron chi connectivity index (χ2n) is 5.81. The lowest BCUT2D eigenvalue weighted by molar-refractivity contribution is -0.126. The summed E-state index contributed by atoms with van der Waals surface area (Å²) < 4.78 is 0. The Labute approximate surface area is 140 Å². The molecule has 24 heavy (non-hydrogen) atoms. The monoisotopic (exact) mass is 336 g/mol. The van der Waals surface area contributed by atoms with E-state index >= 15 is 0 Å². The lowest BCUT2D eigenvalue weighted by atomic mass is 9.93. The Kier molecular flexibility index (Phi) is 5.61. The van der Waals surface area contributed by atoms with Gasteiger partial charge in [0.2, 0.25) is 5.78 Å². The van der Waals surface area contributed by atoms with Crippen LogP contribution in [0.15, 0.2) is 21.0 Å². The molecule has 0 bridgehead atoms. The highest BCUT2D eigenvalue weighted by Crippen LogP contribution is 2.25. The fourth-order valence-electron chi connectivity index (χ4n) is 2.79. The van der Waals surface area contributed by atoms with E-state index in [1.807, 2.05) is 18.9 Å². The summed E-state index contributed by atoms with van der Waals surface area (Å²) in [5, 5.41) is 18.5. The number of nitrogens with zero attached hydrogens (tertiary/aromatic N) is 1. The summed E-state index contributed by atoms with van der Waals surface area (Å²) in [6, 6.07) is 0. The molecule has 2 rings (SSSR count).